The maximum Gasteiger partial charge on any atom is 0.319 e. The predicted octanol–water partition coefficient (Wildman–Crippen LogP) is 1.93. The molecule has 0 bridgehead atoms. The van der Waals surface area contributed by atoms with Crippen LogP contribution in [-0.4, -0.2) is 23.5 Å². The second-order valence-corrected chi connectivity index (χ2v) is 3.15. The third kappa shape index (κ3) is 3.18. The fourth-order valence-electron chi connectivity index (χ4n) is 0.961. The Morgan fingerprint density at radius 2 is 1.70 bits per heavy atom. The Morgan fingerprint density at radius 1 is 1.30 bits per heavy atom. The van der Waals surface area contributed by atoms with Crippen LogP contribution in [0, 0.1) is 0 Å². The first-order valence-corrected chi connectivity index (χ1v) is 4.05. The van der Waals surface area contributed by atoms with Gasteiger partial charge in [0.1, 0.15) is 13.1 Å². The van der Waals surface area contributed by atoms with E-state index in [0.717, 1.165) is 32.3 Å². The van der Waals surface area contributed by atoms with Crippen molar-refractivity contribution >= 4 is 18.2 Å². The van der Waals surface area contributed by atoms with E-state index in [1.54, 1.807) is 0 Å². The maximum absolute atomic E-state index is 10.4. The number of rotatable bonds is 5. The van der Waals surface area contributed by atoms with Gasteiger partial charge in [0.15, 0.2) is 11.8 Å². The first-order chi connectivity index (χ1) is 4.68. The van der Waals surface area contributed by atoms with E-state index in [1.807, 2.05) is 13.8 Å². The first-order valence-electron chi connectivity index (χ1n) is 3.71. The Labute approximate surface area is 67.5 Å². The van der Waals surface area contributed by atoms with Gasteiger partial charge in [-0.3, -0.25) is 0 Å². The van der Waals surface area contributed by atoms with Crippen molar-refractivity contribution in [3.63, 3.8) is 0 Å². The molecule has 0 radical (unpaired) electrons. The summed E-state index contributed by atoms with van der Waals surface area (Å²) in [6, 6.07) is 0. The molecule has 0 aromatic rings. The van der Waals surface area contributed by atoms with Crippen molar-refractivity contribution in [1.29, 1.82) is 0 Å². The van der Waals surface area contributed by atoms with Crippen molar-refractivity contribution in [3.05, 3.63) is 0 Å². The van der Waals surface area contributed by atoms with Crippen molar-refractivity contribution in [1.82, 2.24) is 0 Å². The van der Waals surface area contributed by atoms with Crippen molar-refractivity contribution < 1.29 is 8.80 Å². The summed E-state index contributed by atoms with van der Waals surface area (Å²) in [6.07, 6.45) is 2.71. The van der Waals surface area contributed by atoms with Crippen molar-refractivity contribution in [2.24, 2.45) is 0 Å². The summed E-state index contributed by atoms with van der Waals surface area (Å²) >= 11 is 5.89. The minimum absolute atomic E-state index is 0.0486. The molecule has 0 aromatic carbocycles. The molecule has 10 heavy (non-hydrogen) atoms. The third-order valence-corrected chi connectivity index (χ3v) is 1.80. The molecular weight excluding hydrogens is 150 g/mol. The standard InChI is InChI=1S/C7H15ClNO/c1-3-5-9(8,7-10)6-4-2/h7H,3-6H2,1-2H3/q+1. The summed E-state index contributed by atoms with van der Waals surface area (Å²) in [6.45, 7) is 5.51. The molecule has 3 heteroatoms. The largest absolute Gasteiger partial charge is 0.319 e. The quantitative estimate of drug-likeness (QED) is 0.448. The molecule has 0 aliphatic rings. The Bertz CT molecular complexity index is 99.8. The second-order valence-electron chi connectivity index (χ2n) is 2.48. The summed E-state index contributed by atoms with van der Waals surface area (Å²) < 4.78 is 0.0486. The van der Waals surface area contributed by atoms with Gasteiger partial charge in [0.2, 0.25) is 0 Å². The number of halogens is 1. The number of hydrogen-bond donors (Lipinski definition) is 0. The minimum Gasteiger partial charge on any atom is -0.232 e. The van der Waals surface area contributed by atoms with Crippen LogP contribution in [0.2, 0.25) is 0 Å². The van der Waals surface area contributed by atoms with Crippen LogP contribution >= 0.6 is 11.8 Å². The minimum atomic E-state index is 0.0486. The van der Waals surface area contributed by atoms with E-state index >= 15 is 0 Å². The van der Waals surface area contributed by atoms with Crippen LogP contribution in [0.15, 0.2) is 0 Å². The molecule has 0 rings (SSSR count). The van der Waals surface area contributed by atoms with Crippen LogP contribution in [-0.2, 0) is 4.79 Å². The number of carbonyl (C=O) groups excluding carboxylic acids is 1. The van der Waals surface area contributed by atoms with E-state index in [9.17, 15) is 4.79 Å². The van der Waals surface area contributed by atoms with Gasteiger partial charge in [-0.1, -0.05) is 13.8 Å². The first kappa shape index (κ1) is 9.92. The highest BCUT2D eigenvalue weighted by atomic mass is 35.5. The van der Waals surface area contributed by atoms with Crippen molar-refractivity contribution in [2.75, 3.05) is 13.1 Å². The fourth-order valence-corrected chi connectivity index (χ4v) is 1.30. The van der Waals surface area contributed by atoms with Gasteiger partial charge >= 0.3 is 6.41 Å². The smallest absolute Gasteiger partial charge is 0.232 e. The lowest BCUT2D eigenvalue weighted by molar-refractivity contribution is -0.726. The molecule has 0 spiro atoms. The molecule has 0 fully saturated rings. The highest BCUT2D eigenvalue weighted by Gasteiger charge is 2.22. The number of amides is 1. The number of carbonyl (C=O) groups is 1. The number of quaternary nitrogens is 1. The van der Waals surface area contributed by atoms with Crippen LogP contribution in [0.25, 0.3) is 0 Å². The Hall–Kier alpha value is -0.0800. The molecular formula is C7H15ClNO+. The topological polar surface area (TPSA) is 17.1 Å². The van der Waals surface area contributed by atoms with Gasteiger partial charge in [-0.15, -0.1) is 0 Å². The summed E-state index contributed by atoms with van der Waals surface area (Å²) in [4.78, 5) is 10.4. The molecule has 0 unspecified atom stereocenters. The van der Waals surface area contributed by atoms with E-state index in [1.165, 1.54) is 0 Å². The fraction of sp³-hybridized carbons (Fsp3) is 0.857. The molecule has 0 atom stereocenters. The lowest BCUT2D eigenvalue weighted by Gasteiger charge is -2.19. The van der Waals surface area contributed by atoms with Gasteiger partial charge in [0, 0.05) is 0 Å². The molecule has 0 aliphatic carbocycles. The normalized spacial score (nSPS) is 11.5. The van der Waals surface area contributed by atoms with Crippen molar-refractivity contribution in [2.45, 2.75) is 26.7 Å². The number of hydrogen-bond acceptors (Lipinski definition) is 1. The highest BCUT2D eigenvalue weighted by molar-refractivity contribution is 6.09. The number of nitrogens with zero attached hydrogens (tertiary/aromatic N) is 1. The van der Waals surface area contributed by atoms with Crippen LogP contribution < -0.4 is 0 Å². The third-order valence-electron chi connectivity index (χ3n) is 1.38. The zero-order valence-corrected chi connectivity index (χ0v) is 7.40. The average molecular weight is 165 g/mol. The molecule has 60 valence electrons. The predicted molar refractivity (Wildman–Crippen MR) is 42.5 cm³/mol. The van der Waals surface area contributed by atoms with E-state index in [2.05, 4.69) is 0 Å². The lowest BCUT2D eigenvalue weighted by atomic mass is 10.4. The molecule has 0 saturated carbocycles. The van der Waals surface area contributed by atoms with E-state index in [4.69, 9.17) is 11.8 Å². The molecule has 0 N–H and O–H groups in total. The zero-order valence-electron chi connectivity index (χ0n) is 6.64. The van der Waals surface area contributed by atoms with E-state index < -0.39 is 0 Å². The molecule has 0 heterocycles. The van der Waals surface area contributed by atoms with Gasteiger partial charge < -0.3 is 0 Å². The van der Waals surface area contributed by atoms with Crippen LogP contribution in [0.5, 0.6) is 0 Å². The molecule has 0 aliphatic heterocycles. The Kier molecular flexibility index (Phi) is 4.65. The van der Waals surface area contributed by atoms with Gasteiger partial charge in [-0.2, -0.15) is 4.00 Å². The molecule has 0 saturated heterocycles. The summed E-state index contributed by atoms with van der Waals surface area (Å²) in [5, 5.41) is 0. The second kappa shape index (κ2) is 4.69. The summed E-state index contributed by atoms with van der Waals surface area (Å²) in [5.41, 5.74) is 0. The monoisotopic (exact) mass is 164 g/mol. The Morgan fingerprint density at radius 3 is 1.90 bits per heavy atom. The van der Waals surface area contributed by atoms with Crippen LogP contribution in [0.4, 0.5) is 0 Å². The Balaban J connectivity index is 3.81. The van der Waals surface area contributed by atoms with Crippen LogP contribution in [0.1, 0.15) is 26.7 Å². The molecule has 2 nitrogen and oxygen atoms in total. The van der Waals surface area contributed by atoms with Gasteiger partial charge in [-0.25, -0.2) is 4.79 Å². The maximum atomic E-state index is 10.4. The highest BCUT2D eigenvalue weighted by Crippen LogP contribution is 2.10. The van der Waals surface area contributed by atoms with E-state index in [-0.39, 0.29) is 4.00 Å². The van der Waals surface area contributed by atoms with Crippen LogP contribution in [0.3, 0.4) is 0 Å². The van der Waals surface area contributed by atoms with Crippen molar-refractivity contribution in [3.8, 4) is 0 Å². The average Bonchev–Trinajstić information content (AvgIpc) is 1.89. The van der Waals surface area contributed by atoms with Gasteiger partial charge in [0.25, 0.3) is 0 Å². The summed E-state index contributed by atoms with van der Waals surface area (Å²) in [5.74, 6) is 0. The SMILES string of the molecule is CCC[N+](Cl)(C=O)CCC. The van der Waals surface area contributed by atoms with Gasteiger partial charge in [-0.05, 0) is 12.8 Å². The molecule has 0 aromatic heterocycles. The lowest BCUT2D eigenvalue weighted by Crippen LogP contribution is -2.37. The summed E-state index contributed by atoms with van der Waals surface area (Å²) in [7, 11) is 0. The van der Waals surface area contributed by atoms with Gasteiger partial charge in [0.05, 0.1) is 0 Å². The van der Waals surface area contributed by atoms with E-state index in [0.29, 0.717) is 0 Å². The zero-order chi connectivity index (χ0) is 8.04. The molecule has 1 amide bonds.